The average molecular weight is 1150 g/mol. The van der Waals surface area contributed by atoms with Crippen LogP contribution in [-0.4, -0.2) is 0 Å². The van der Waals surface area contributed by atoms with Crippen LogP contribution in [0.3, 0.4) is 0 Å². The van der Waals surface area contributed by atoms with Gasteiger partial charge < -0.3 is 9.80 Å². The molecule has 0 aromatic heterocycles. The van der Waals surface area contributed by atoms with Crippen LogP contribution < -0.4 is 9.80 Å². The summed E-state index contributed by atoms with van der Waals surface area (Å²) in [6, 6.07) is 82.1. The standard InChI is InChI=1S/C87H76N2/c1-83(2)73-29-15-11-25-63(73)69-41-35-59(49-79(69)83)88(60-36-42-70-64-26-12-16-30-74(64)84(3,4)80(70)50-60)57-23-19-21-53(45-57)55-33-39-67-68-40-34-56(48-78(68)87(9,10)77(67)47-55)54-22-20-24-58(46-54)89(61-37-43-71-65-27-13-17-31-75(65)85(5,6)81(71)51-61)62-38-44-72-66-28-14-18-32-76(66)86(7,8)82(72)52-62/h11-27,29-35,37-41,43-52,66H,28,36,42H2,1-10H3. The highest BCUT2D eigenvalue weighted by atomic mass is 15.2. The smallest absolute Gasteiger partial charge is 0.0467 e. The molecule has 1 atom stereocenters. The van der Waals surface area contributed by atoms with E-state index in [4.69, 9.17) is 0 Å². The molecule has 89 heavy (non-hydrogen) atoms. The van der Waals surface area contributed by atoms with Gasteiger partial charge in [-0.3, -0.25) is 0 Å². The second-order valence-electron chi connectivity index (χ2n) is 29.2. The Hall–Kier alpha value is -9.24. The fourth-order valence-corrected chi connectivity index (χ4v) is 17.8. The van der Waals surface area contributed by atoms with Crippen molar-refractivity contribution < 1.29 is 0 Å². The van der Waals surface area contributed by atoms with Crippen LogP contribution in [0, 0.1) is 0 Å². The number of hydrogen-bond acceptors (Lipinski definition) is 2. The molecule has 434 valence electrons. The Kier molecular flexibility index (Phi) is 11.5. The Bertz CT molecular complexity index is 4860. The molecule has 0 heterocycles. The first-order valence-corrected chi connectivity index (χ1v) is 32.5. The zero-order valence-corrected chi connectivity index (χ0v) is 53.1. The van der Waals surface area contributed by atoms with Gasteiger partial charge >= 0.3 is 0 Å². The predicted molar refractivity (Wildman–Crippen MR) is 375 cm³/mol. The molecule has 0 saturated heterocycles. The summed E-state index contributed by atoms with van der Waals surface area (Å²) < 4.78 is 0. The lowest BCUT2D eigenvalue weighted by molar-refractivity contribution is 0.612. The van der Waals surface area contributed by atoms with Gasteiger partial charge in [0.15, 0.2) is 0 Å². The summed E-state index contributed by atoms with van der Waals surface area (Å²) in [4.78, 5) is 5.12. The Balaban J connectivity index is 0.730. The van der Waals surface area contributed by atoms with Crippen LogP contribution in [0.1, 0.15) is 150 Å². The third-order valence-corrected chi connectivity index (χ3v) is 22.6. The van der Waals surface area contributed by atoms with Crippen molar-refractivity contribution in [1.29, 1.82) is 0 Å². The lowest BCUT2D eigenvalue weighted by Gasteiger charge is -2.33. The summed E-state index contributed by atoms with van der Waals surface area (Å²) in [6.07, 6.45) is 12.6. The number of nitrogens with zero attached hydrogens (tertiary/aromatic N) is 2. The highest BCUT2D eigenvalue weighted by Crippen LogP contribution is 2.58. The largest absolute Gasteiger partial charge is 0.314 e. The van der Waals surface area contributed by atoms with Crippen molar-refractivity contribution >= 4 is 34.0 Å². The van der Waals surface area contributed by atoms with E-state index < -0.39 is 0 Å². The van der Waals surface area contributed by atoms with Crippen LogP contribution >= 0.6 is 0 Å². The van der Waals surface area contributed by atoms with Crippen LogP contribution in [0.4, 0.5) is 28.4 Å². The van der Waals surface area contributed by atoms with Gasteiger partial charge in [0.1, 0.15) is 0 Å². The fraction of sp³-hybridized carbons (Fsp3) is 0.218. The van der Waals surface area contributed by atoms with Gasteiger partial charge in [-0.25, -0.2) is 0 Å². The maximum atomic E-state index is 2.59. The SMILES string of the molecule is CC1(C)C2=C(CCC(N(c3cccc(-c4ccc5c(c4)C(C)(C)c4cc(-c6cccc(N(c7ccc8c(c7)C(C)(C)C7=CC=CCC78)c7ccc8c(c7)C(C)(C)c7ccccc7-8)c6)ccc4-5)c3)c3ccc4c(c3)C(C)(C)c3ccccc3-4)=C2)c2ccccc21. The summed E-state index contributed by atoms with van der Waals surface area (Å²) in [5.41, 5.74) is 38.1. The van der Waals surface area contributed by atoms with E-state index >= 15 is 0 Å². The monoisotopic (exact) mass is 1150 g/mol. The predicted octanol–water partition coefficient (Wildman–Crippen LogP) is 23.2. The minimum atomic E-state index is -0.239. The minimum Gasteiger partial charge on any atom is -0.314 e. The average Bonchev–Trinajstić information content (AvgIpc) is 1.65. The van der Waals surface area contributed by atoms with E-state index in [0.29, 0.717) is 5.92 Å². The van der Waals surface area contributed by atoms with Crippen LogP contribution in [0.5, 0.6) is 0 Å². The van der Waals surface area contributed by atoms with E-state index in [2.05, 4.69) is 316 Å². The Morgan fingerprint density at radius 1 is 0.326 bits per heavy atom. The number of benzene rings is 10. The number of hydrogen-bond donors (Lipinski definition) is 0. The number of allylic oxidation sites excluding steroid dienone is 8. The number of fused-ring (bicyclic) bond motifs is 14. The molecular weight excluding hydrogens is 1070 g/mol. The van der Waals surface area contributed by atoms with Crippen molar-refractivity contribution in [3.05, 3.63) is 309 Å². The van der Waals surface area contributed by atoms with E-state index in [9.17, 15) is 0 Å². The molecule has 7 aliphatic carbocycles. The molecule has 1 unspecified atom stereocenters. The van der Waals surface area contributed by atoms with Crippen molar-refractivity contribution in [1.82, 2.24) is 0 Å². The summed E-state index contributed by atoms with van der Waals surface area (Å²) in [5.74, 6) is 0.434. The highest BCUT2D eigenvalue weighted by Gasteiger charge is 2.44. The van der Waals surface area contributed by atoms with Gasteiger partial charge in [-0.1, -0.05) is 233 Å². The van der Waals surface area contributed by atoms with Crippen molar-refractivity contribution in [3.8, 4) is 55.6 Å². The molecule has 0 saturated carbocycles. The quantitative estimate of drug-likeness (QED) is 0.150. The molecule has 0 N–H and O–H groups in total. The summed E-state index contributed by atoms with van der Waals surface area (Å²) in [6.45, 7) is 24.1. The van der Waals surface area contributed by atoms with Crippen LogP contribution in [0.25, 0.3) is 61.2 Å². The Morgan fingerprint density at radius 3 is 1.33 bits per heavy atom. The van der Waals surface area contributed by atoms with Gasteiger partial charge in [-0.15, -0.1) is 0 Å². The van der Waals surface area contributed by atoms with E-state index in [1.54, 1.807) is 0 Å². The molecule has 0 radical (unpaired) electrons. The maximum absolute atomic E-state index is 2.59. The fourth-order valence-electron chi connectivity index (χ4n) is 17.8. The van der Waals surface area contributed by atoms with Gasteiger partial charge in [0.05, 0.1) is 0 Å². The zero-order valence-electron chi connectivity index (χ0n) is 53.1. The summed E-state index contributed by atoms with van der Waals surface area (Å²) >= 11 is 0. The molecule has 17 rings (SSSR count). The molecule has 7 aliphatic rings. The summed E-state index contributed by atoms with van der Waals surface area (Å²) in [7, 11) is 0. The van der Waals surface area contributed by atoms with Gasteiger partial charge in [0, 0.05) is 67.1 Å². The first-order valence-electron chi connectivity index (χ1n) is 32.5. The van der Waals surface area contributed by atoms with Crippen molar-refractivity contribution in [3.63, 3.8) is 0 Å². The lowest BCUT2D eigenvalue weighted by Crippen LogP contribution is -2.23. The summed E-state index contributed by atoms with van der Waals surface area (Å²) in [5, 5.41) is 0. The van der Waals surface area contributed by atoms with E-state index in [-0.39, 0.29) is 27.1 Å². The van der Waals surface area contributed by atoms with Crippen molar-refractivity contribution in [2.24, 2.45) is 0 Å². The zero-order chi connectivity index (χ0) is 60.7. The number of rotatable bonds is 8. The second kappa shape index (κ2) is 18.9. The maximum Gasteiger partial charge on any atom is 0.0467 e. The van der Waals surface area contributed by atoms with Gasteiger partial charge in [0.25, 0.3) is 0 Å². The van der Waals surface area contributed by atoms with Crippen LogP contribution in [0.15, 0.2) is 253 Å². The minimum absolute atomic E-state index is 0.0667. The number of anilines is 5. The Morgan fingerprint density at radius 2 is 0.753 bits per heavy atom. The first-order chi connectivity index (χ1) is 42.9. The Labute approximate surface area is 527 Å². The molecular formula is C87H76N2. The van der Waals surface area contributed by atoms with Crippen LogP contribution in [0.2, 0.25) is 0 Å². The van der Waals surface area contributed by atoms with Gasteiger partial charge in [0.2, 0.25) is 0 Å². The molecule has 0 bridgehead atoms. The first kappa shape index (κ1) is 54.0. The van der Waals surface area contributed by atoms with E-state index in [1.807, 2.05) is 0 Å². The molecule has 2 heteroatoms. The topological polar surface area (TPSA) is 6.48 Å². The highest BCUT2D eigenvalue weighted by molar-refractivity contribution is 5.92. The lowest BCUT2D eigenvalue weighted by atomic mass is 9.79. The normalized spacial score (nSPS) is 18.7. The molecule has 10 aromatic carbocycles. The molecule has 2 nitrogen and oxygen atoms in total. The molecule has 0 spiro atoms. The second-order valence-corrected chi connectivity index (χ2v) is 29.2. The third-order valence-electron chi connectivity index (χ3n) is 22.6. The molecule has 0 aliphatic heterocycles. The van der Waals surface area contributed by atoms with E-state index in [0.717, 1.165) is 24.9 Å². The van der Waals surface area contributed by atoms with Crippen molar-refractivity contribution in [2.75, 3.05) is 9.80 Å². The van der Waals surface area contributed by atoms with Gasteiger partial charge in [-0.2, -0.15) is 0 Å². The molecule has 0 fully saturated rings. The van der Waals surface area contributed by atoms with E-state index in [1.165, 1.54) is 156 Å². The van der Waals surface area contributed by atoms with Crippen molar-refractivity contribution in [2.45, 2.75) is 121 Å². The molecule has 0 amide bonds. The van der Waals surface area contributed by atoms with Crippen LogP contribution in [-0.2, 0) is 27.1 Å². The third kappa shape index (κ3) is 7.75. The molecule has 10 aromatic rings. The van der Waals surface area contributed by atoms with Gasteiger partial charge in [-0.05, 0) is 221 Å².